The summed E-state index contributed by atoms with van der Waals surface area (Å²) in [5.41, 5.74) is 0.722. The maximum absolute atomic E-state index is 10.6. The lowest BCUT2D eigenvalue weighted by molar-refractivity contribution is -0.385. The molecular formula is C15H13N5O4. The highest BCUT2D eigenvalue weighted by Crippen LogP contribution is 2.20. The molecule has 9 heteroatoms. The predicted octanol–water partition coefficient (Wildman–Crippen LogP) is 3.00. The Kier molecular flexibility index (Phi) is 4.32. The van der Waals surface area contributed by atoms with Crippen LogP contribution in [0.1, 0.15) is 11.7 Å². The minimum Gasteiger partial charge on any atom is -0.485 e. The zero-order chi connectivity index (χ0) is 16.9. The van der Waals surface area contributed by atoms with Crippen LogP contribution in [-0.4, -0.2) is 20.0 Å². The molecule has 2 aromatic heterocycles. The van der Waals surface area contributed by atoms with Gasteiger partial charge in [-0.25, -0.2) is 4.98 Å². The Hall–Kier alpha value is -3.49. The molecule has 1 N–H and O–H groups in total. The molecule has 0 atom stereocenters. The molecule has 2 heterocycles. The molecule has 3 aromatic rings. The van der Waals surface area contributed by atoms with Gasteiger partial charge in [0.25, 0.3) is 5.69 Å². The van der Waals surface area contributed by atoms with Crippen LogP contribution in [0.2, 0.25) is 0 Å². The molecule has 0 bridgehead atoms. The molecule has 0 radical (unpaired) electrons. The van der Waals surface area contributed by atoms with Gasteiger partial charge in [0.05, 0.1) is 4.92 Å². The van der Waals surface area contributed by atoms with Gasteiger partial charge in [-0.15, -0.1) is 0 Å². The minimum atomic E-state index is -0.492. The molecule has 0 saturated heterocycles. The third kappa shape index (κ3) is 3.83. The molecule has 1 aromatic carbocycles. The van der Waals surface area contributed by atoms with Crippen LogP contribution < -0.4 is 10.1 Å². The van der Waals surface area contributed by atoms with E-state index < -0.39 is 4.92 Å². The first-order valence-corrected chi connectivity index (χ1v) is 7.00. The fourth-order valence-corrected chi connectivity index (χ4v) is 1.90. The summed E-state index contributed by atoms with van der Waals surface area (Å²) in [4.78, 5) is 18.1. The molecular weight excluding hydrogens is 314 g/mol. The van der Waals surface area contributed by atoms with Gasteiger partial charge in [-0.2, -0.15) is 4.98 Å². The Bertz CT molecular complexity index is 830. The molecule has 9 nitrogen and oxygen atoms in total. The SMILES string of the molecule is Cc1nc(COc2ccc(Nc3ccc([N+](=O)[O-])cn3)cc2)no1. The van der Waals surface area contributed by atoms with Crippen molar-refractivity contribution >= 4 is 17.2 Å². The second-order valence-corrected chi connectivity index (χ2v) is 4.83. The molecule has 122 valence electrons. The van der Waals surface area contributed by atoms with Crippen molar-refractivity contribution in [3.8, 4) is 5.75 Å². The Morgan fingerprint density at radius 2 is 2.04 bits per heavy atom. The first-order chi connectivity index (χ1) is 11.6. The average Bonchev–Trinajstić information content (AvgIpc) is 3.00. The zero-order valence-corrected chi connectivity index (χ0v) is 12.7. The van der Waals surface area contributed by atoms with E-state index in [2.05, 4.69) is 20.4 Å². The normalized spacial score (nSPS) is 10.4. The third-order valence-corrected chi connectivity index (χ3v) is 3.02. The van der Waals surface area contributed by atoms with E-state index in [9.17, 15) is 10.1 Å². The lowest BCUT2D eigenvalue weighted by Crippen LogP contribution is -1.98. The van der Waals surface area contributed by atoms with Crippen LogP contribution in [0.4, 0.5) is 17.2 Å². The average molecular weight is 327 g/mol. The van der Waals surface area contributed by atoms with Gasteiger partial charge in [-0.1, -0.05) is 5.16 Å². The molecule has 0 spiro atoms. The summed E-state index contributed by atoms with van der Waals surface area (Å²) in [5.74, 6) is 2.13. The van der Waals surface area contributed by atoms with Gasteiger partial charge in [0.15, 0.2) is 6.61 Å². The quantitative estimate of drug-likeness (QED) is 0.542. The fourth-order valence-electron chi connectivity index (χ4n) is 1.90. The molecule has 24 heavy (non-hydrogen) atoms. The van der Waals surface area contributed by atoms with Crippen LogP contribution >= 0.6 is 0 Å². The molecule has 0 saturated carbocycles. The van der Waals surface area contributed by atoms with E-state index in [0.29, 0.717) is 23.3 Å². The highest BCUT2D eigenvalue weighted by atomic mass is 16.6. The van der Waals surface area contributed by atoms with Crippen LogP contribution in [0.5, 0.6) is 5.75 Å². The summed E-state index contributed by atoms with van der Waals surface area (Å²) in [7, 11) is 0. The van der Waals surface area contributed by atoms with Gasteiger partial charge >= 0.3 is 0 Å². The molecule has 0 amide bonds. The van der Waals surface area contributed by atoms with Gasteiger partial charge < -0.3 is 14.6 Å². The molecule has 0 aliphatic carbocycles. The van der Waals surface area contributed by atoms with Gasteiger partial charge in [-0.3, -0.25) is 10.1 Å². The maximum Gasteiger partial charge on any atom is 0.287 e. The van der Waals surface area contributed by atoms with Crippen LogP contribution in [0.25, 0.3) is 0 Å². The number of aromatic nitrogens is 3. The number of aryl methyl sites for hydroxylation is 1. The third-order valence-electron chi connectivity index (χ3n) is 3.02. The summed E-state index contributed by atoms with van der Waals surface area (Å²) in [6.45, 7) is 1.93. The molecule has 0 aliphatic rings. The highest BCUT2D eigenvalue weighted by molar-refractivity contribution is 5.57. The number of nitrogens with zero attached hydrogens (tertiary/aromatic N) is 4. The first kappa shape index (κ1) is 15.4. The van der Waals surface area contributed by atoms with Gasteiger partial charge in [0, 0.05) is 18.7 Å². The highest BCUT2D eigenvalue weighted by Gasteiger charge is 2.06. The predicted molar refractivity (Wildman–Crippen MR) is 84.0 cm³/mol. The number of nitro groups is 1. The zero-order valence-electron chi connectivity index (χ0n) is 12.7. The van der Waals surface area contributed by atoms with Crippen LogP contribution in [0.15, 0.2) is 47.1 Å². The number of ether oxygens (including phenoxy) is 1. The van der Waals surface area contributed by atoms with Crippen LogP contribution in [0.3, 0.4) is 0 Å². The topological polar surface area (TPSA) is 116 Å². The Labute approximate surface area is 136 Å². The number of nitrogens with one attached hydrogen (secondary N) is 1. The molecule has 0 fully saturated rings. The summed E-state index contributed by atoms with van der Waals surface area (Å²) in [5, 5.41) is 17.4. The Morgan fingerprint density at radius 1 is 1.25 bits per heavy atom. The fraction of sp³-hybridized carbons (Fsp3) is 0.133. The number of hydrogen-bond acceptors (Lipinski definition) is 8. The summed E-state index contributed by atoms with van der Waals surface area (Å²) >= 11 is 0. The molecule has 0 unspecified atom stereocenters. The van der Waals surface area contributed by atoms with E-state index in [0.717, 1.165) is 5.69 Å². The van der Waals surface area contributed by atoms with E-state index in [1.165, 1.54) is 12.3 Å². The second-order valence-electron chi connectivity index (χ2n) is 4.83. The second kappa shape index (κ2) is 6.73. The van der Waals surface area contributed by atoms with Crippen LogP contribution in [-0.2, 0) is 6.61 Å². The number of hydrogen-bond donors (Lipinski definition) is 1. The van der Waals surface area contributed by atoms with Crippen molar-refractivity contribution in [2.24, 2.45) is 0 Å². The Balaban J connectivity index is 1.58. The van der Waals surface area contributed by atoms with Crippen molar-refractivity contribution in [3.05, 3.63) is 64.4 Å². The van der Waals surface area contributed by atoms with Crippen molar-refractivity contribution in [1.29, 1.82) is 0 Å². The summed E-state index contributed by atoms with van der Waals surface area (Å²) in [6, 6.07) is 10.1. The van der Waals surface area contributed by atoms with Gasteiger partial charge in [0.1, 0.15) is 17.8 Å². The van der Waals surface area contributed by atoms with Gasteiger partial charge in [-0.05, 0) is 30.3 Å². The molecule has 0 aliphatic heterocycles. The van der Waals surface area contributed by atoms with Crippen molar-refractivity contribution < 1.29 is 14.2 Å². The maximum atomic E-state index is 10.6. The number of rotatable bonds is 6. The smallest absolute Gasteiger partial charge is 0.287 e. The van der Waals surface area contributed by atoms with Crippen molar-refractivity contribution in [1.82, 2.24) is 15.1 Å². The van der Waals surface area contributed by atoms with E-state index in [1.54, 1.807) is 37.3 Å². The lowest BCUT2D eigenvalue weighted by Gasteiger charge is -2.07. The number of pyridine rings is 1. The lowest BCUT2D eigenvalue weighted by atomic mass is 10.3. The number of benzene rings is 1. The van der Waals surface area contributed by atoms with E-state index in [1.807, 2.05) is 0 Å². The van der Waals surface area contributed by atoms with Crippen molar-refractivity contribution in [2.75, 3.05) is 5.32 Å². The van der Waals surface area contributed by atoms with E-state index in [-0.39, 0.29) is 12.3 Å². The van der Waals surface area contributed by atoms with E-state index in [4.69, 9.17) is 9.26 Å². The summed E-state index contributed by atoms with van der Waals surface area (Å²) < 4.78 is 10.4. The standard InChI is InChI=1S/C15H13N5O4/c1-10-17-15(19-24-10)9-23-13-5-2-11(3-6-13)18-14-7-4-12(8-16-14)20(21)22/h2-8H,9H2,1H3,(H,16,18). The first-order valence-electron chi connectivity index (χ1n) is 7.00. The molecule has 3 rings (SSSR count). The van der Waals surface area contributed by atoms with Crippen LogP contribution in [0, 0.1) is 17.0 Å². The largest absolute Gasteiger partial charge is 0.485 e. The van der Waals surface area contributed by atoms with E-state index >= 15 is 0 Å². The minimum absolute atomic E-state index is 0.0546. The monoisotopic (exact) mass is 327 g/mol. The van der Waals surface area contributed by atoms with Crippen molar-refractivity contribution in [3.63, 3.8) is 0 Å². The Morgan fingerprint density at radius 3 is 2.62 bits per heavy atom. The number of anilines is 2. The van der Waals surface area contributed by atoms with Crippen molar-refractivity contribution in [2.45, 2.75) is 13.5 Å². The summed E-state index contributed by atoms with van der Waals surface area (Å²) in [6.07, 6.45) is 1.20. The van der Waals surface area contributed by atoms with Gasteiger partial charge in [0.2, 0.25) is 11.7 Å².